The van der Waals surface area contributed by atoms with E-state index in [1.165, 1.54) is 12.0 Å². The number of methoxy groups -OCH3 is 1. The number of carbonyl (C=O) groups is 2. The van der Waals surface area contributed by atoms with Crippen molar-refractivity contribution >= 4 is 20.4 Å². The Kier molecular flexibility index (Phi) is 8.04. The minimum atomic E-state index is -1.86. The van der Waals surface area contributed by atoms with E-state index in [0.29, 0.717) is 18.8 Å². The molecule has 1 aromatic rings. The standard InChI is InChI=1S/C24H39NO6Si/c1-23(2,3)31-22(27)25-15-19(14-20(25)21(26)28-7)30-18-12-10-11-17(13-18)16-29-32(8,9)24(4,5)6/h10-13,19-20H,14-16H2,1-9H3/t19-,20+/m1/s1. The van der Waals surface area contributed by atoms with Crippen LogP contribution in [0.2, 0.25) is 18.1 Å². The van der Waals surface area contributed by atoms with Crippen LogP contribution >= 0.6 is 0 Å². The number of hydrogen-bond donors (Lipinski definition) is 0. The average molecular weight is 466 g/mol. The van der Waals surface area contributed by atoms with E-state index in [9.17, 15) is 9.59 Å². The minimum Gasteiger partial charge on any atom is -0.488 e. The van der Waals surface area contributed by atoms with Gasteiger partial charge in [0.25, 0.3) is 0 Å². The Morgan fingerprint density at radius 3 is 2.34 bits per heavy atom. The summed E-state index contributed by atoms with van der Waals surface area (Å²) in [6.45, 7) is 17.2. The van der Waals surface area contributed by atoms with Crippen LogP contribution in [0, 0.1) is 0 Å². The molecule has 180 valence electrons. The Balaban J connectivity index is 2.08. The molecule has 2 atom stereocenters. The molecule has 0 aromatic heterocycles. The number of nitrogens with zero attached hydrogens (tertiary/aromatic N) is 1. The number of esters is 1. The first kappa shape index (κ1) is 26.2. The van der Waals surface area contributed by atoms with E-state index in [0.717, 1.165) is 5.56 Å². The number of hydrogen-bond acceptors (Lipinski definition) is 6. The van der Waals surface area contributed by atoms with Crippen molar-refractivity contribution in [2.75, 3.05) is 13.7 Å². The molecule has 1 saturated heterocycles. The molecule has 0 aliphatic carbocycles. The van der Waals surface area contributed by atoms with E-state index in [2.05, 4.69) is 33.9 Å². The first-order chi connectivity index (χ1) is 14.6. The van der Waals surface area contributed by atoms with Gasteiger partial charge in [-0.15, -0.1) is 0 Å². The molecule has 1 heterocycles. The number of likely N-dealkylation sites (tertiary alicyclic amines) is 1. The first-order valence-corrected chi connectivity index (χ1v) is 14.0. The molecule has 0 unspecified atom stereocenters. The Morgan fingerprint density at radius 2 is 1.78 bits per heavy atom. The summed E-state index contributed by atoms with van der Waals surface area (Å²) in [5.41, 5.74) is 0.369. The van der Waals surface area contributed by atoms with Gasteiger partial charge in [-0.2, -0.15) is 0 Å². The predicted octanol–water partition coefficient (Wildman–Crippen LogP) is 5.14. The maximum Gasteiger partial charge on any atom is 0.411 e. The van der Waals surface area contributed by atoms with Crippen LogP contribution in [0.1, 0.15) is 53.5 Å². The third-order valence-electron chi connectivity index (χ3n) is 5.97. The van der Waals surface area contributed by atoms with E-state index in [1.807, 2.05) is 24.3 Å². The van der Waals surface area contributed by atoms with Crippen molar-refractivity contribution in [3.8, 4) is 5.75 Å². The van der Waals surface area contributed by atoms with Gasteiger partial charge in [0.1, 0.15) is 23.5 Å². The Morgan fingerprint density at radius 1 is 1.12 bits per heavy atom. The molecule has 0 saturated carbocycles. The van der Waals surface area contributed by atoms with Crippen LogP contribution < -0.4 is 4.74 Å². The van der Waals surface area contributed by atoms with E-state index < -0.39 is 32.0 Å². The lowest BCUT2D eigenvalue weighted by molar-refractivity contribution is -0.145. The van der Waals surface area contributed by atoms with Gasteiger partial charge in [-0.3, -0.25) is 4.90 Å². The smallest absolute Gasteiger partial charge is 0.411 e. The van der Waals surface area contributed by atoms with Crippen molar-refractivity contribution in [1.29, 1.82) is 0 Å². The first-order valence-electron chi connectivity index (χ1n) is 11.1. The summed E-state index contributed by atoms with van der Waals surface area (Å²) in [7, 11) is -0.543. The molecule has 32 heavy (non-hydrogen) atoms. The predicted molar refractivity (Wildman–Crippen MR) is 126 cm³/mol. The number of rotatable bonds is 6. The molecule has 0 N–H and O–H groups in total. The Labute approximate surface area is 193 Å². The highest BCUT2D eigenvalue weighted by Crippen LogP contribution is 2.37. The fraction of sp³-hybridized carbons (Fsp3) is 0.667. The SMILES string of the molecule is COC(=O)[C@@H]1C[C@@H](Oc2cccc(CO[Si](C)(C)C(C)(C)C)c2)CN1C(=O)OC(C)(C)C. The Bertz CT molecular complexity index is 811. The molecule has 0 spiro atoms. The third kappa shape index (κ3) is 6.97. The van der Waals surface area contributed by atoms with Crippen LogP contribution in [0.3, 0.4) is 0 Å². The molecule has 2 rings (SSSR count). The molecule has 8 heteroatoms. The topological polar surface area (TPSA) is 74.3 Å². The highest BCUT2D eigenvalue weighted by atomic mass is 28.4. The van der Waals surface area contributed by atoms with Crippen LogP contribution in [-0.4, -0.2) is 56.7 Å². The van der Waals surface area contributed by atoms with Crippen LogP contribution in [-0.2, 0) is 25.3 Å². The zero-order valence-electron chi connectivity index (χ0n) is 21.0. The van der Waals surface area contributed by atoms with Crippen molar-refractivity contribution in [3.05, 3.63) is 29.8 Å². The van der Waals surface area contributed by atoms with E-state index in [4.69, 9.17) is 18.6 Å². The maximum absolute atomic E-state index is 12.6. The van der Waals surface area contributed by atoms with Gasteiger partial charge in [0.05, 0.1) is 20.3 Å². The van der Waals surface area contributed by atoms with Gasteiger partial charge < -0.3 is 18.6 Å². The monoisotopic (exact) mass is 465 g/mol. The average Bonchev–Trinajstić information content (AvgIpc) is 3.08. The summed E-state index contributed by atoms with van der Waals surface area (Å²) in [6.07, 6.45) is -0.546. The van der Waals surface area contributed by atoms with Crippen LogP contribution in [0.4, 0.5) is 4.79 Å². The van der Waals surface area contributed by atoms with Gasteiger partial charge in [-0.05, 0) is 56.6 Å². The van der Waals surface area contributed by atoms with Crippen LogP contribution in [0.5, 0.6) is 5.75 Å². The molecule has 1 amide bonds. The second-order valence-electron chi connectivity index (χ2n) is 10.8. The molecule has 7 nitrogen and oxygen atoms in total. The van der Waals surface area contributed by atoms with Gasteiger partial charge in [-0.1, -0.05) is 32.9 Å². The lowest BCUT2D eigenvalue weighted by Gasteiger charge is -2.36. The molecule has 0 bridgehead atoms. The van der Waals surface area contributed by atoms with Gasteiger partial charge in [0, 0.05) is 6.42 Å². The van der Waals surface area contributed by atoms with E-state index in [-0.39, 0.29) is 17.7 Å². The van der Waals surface area contributed by atoms with E-state index in [1.54, 1.807) is 20.8 Å². The number of amides is 1. The van der Waals surface area contributed by atoms with Crippen LogP contribution in [0.25, 0.3) is 0 Å². The summed E-state index contributed by atoms with van der Waals surface area (Å²) < 4.78 is 22.8. The molecule has 1 fully saturated rings. The minimum absolute atomic E-state index is 0.138. The zero-order valence-corrected chi connectivity index (χ0v) is 22.0. The lowest BCUT2D eigenvalue weighted by Crippen LogP contribution is -2.44. The summed E-state index contributed by atoms with van der Waals surface area (Å²) in [5.74, 6) is 0.208. The van der Waals surface area contributed by atoms with Crippen molar-refractivity contribution in [1.82, 2.24) is 4.90 Å². The summed E-state index contributed by atoms with van der Waals surface area (Å²) in [6, 6.07) is 7.04. The highest BCUT2D eigenvalue weighted by molar-refractivity contribution is 6.74. The normalized spacial score (nSPS) is 19.6. The fourth-order valence-electron chi connectivity index (χ4n) is 3.15. The fourth-order valence-corrected chi connectivity index (χ4v) is 4.11. The summed E-state index contributed by atoms with van der Waals surface area (Å²) in [5, 5.41) is 0.138. The number of benzene rings is 1. The molecular formula is C24H39NO6Si. The van der Waals surface area contributed by atoms with Gasteiger partial charge in [-0.25, -0.2) is 9.59 Å². The molecule has 0 radical (unpaired) electrons. The lowest BCUT2D eigenvalue weighted by atomic mass is 10.2. The second-order valence-corrected chi connectivity index (χ2v) is 15.7. The second kappa shape index (κ2) is 9.83. The number of carbonyl (C=O) groups excluding carboxylic acids is 2. The van der Waals surface area contributed by atoms with Crippen molar-refractivity contribution in [3.63, 3.8) is 0 Å². The van der Waals surface area contributed by atoms with Crippen molar-refractivity contribution in [2.24, 2.45) is 0 Å². The molecule has 1 aliphatic heterocycles. The number of ether oxygens (including phenoxy) is 3. The quantitative estimate of drug-likeness (QED) is 0.428. The molecule has 1 aromatic carbocycles. The van der Waals surface area contributed by atoms with Gasteiger partial charge in [0.15, 0.2) is 8.32 Å². The largest absolute Gasteiger partial charge is 0.488 e. The van der Waals surface area contributed by atoms with Gasteiger partial charge in [0.2, 0.25) is 0 Å². The summed E-state index contributed by atoms with van der Waals surface area (Å²) >= 11 is 0. The maximum atomic E-state index is 12.6. The van der Waals surface area contributed by atoms with Crippen molar-refractivity contribution in [2.45, 2.75) is 90.4 Å². The Hall–Kier alpha value is -2.06. The molecule has 1 aliphatic rings. The zero-order chi connectivity index (χ0) is 24.3. The molecular weight excluding hydrogens is 426 g/mol. The van der Waals surface area contributed by atoms with E-state index >= 15 is 0 Å². The van der Waals surface area contributed by atoms with Crippen molar-refractivity contribution < 1.29 is 28.2 Å². The van der Waals surface area contributed by atoms with Gasteiger partial charge >= 0.3 is 12.1 Å². The third-order valence-corrected chi connectivity index (χ3v) is 10.4. The van der Waals surface area contributed by atoms with Crippen LogP contribution in [0.15, 0.2) is 24.3 Å². The summed E-state index contributed by atoms with van der Waals surface area (Å²) in [4.78, 5) is 26.3. The highest BCUT2D eigenvalue weighted by Gasteiger charge is 2.43.